The van der Waals surface area contributed by atoms with Crippen LogP contribution in [0.5, 0.6) is 5.75 Å². The zero-order valence-electron chi connectivity index (χ0n) is 13.2. The van der Waals surface area contributed by atoms with E-state index in [4.69, 9.17) is 4.74 Å². The summed E-state index contributed by atoms with van der Waals surface area (Å²) in [5.41, 5.74) is 1.97. The van der Waals surface area contributed by atoms with Crippen molar-refractivity contribution in [3.63, 3.8) is 0 Å². The molecule has 0 saturated carbocycles. The van der Waals surface area contributed by atoms with Gasteiger partial charge in [-0.25, -0.2) is 0 Å². The number of hydrogen-bond donors (Lipinski definition) is 1. The maximum absolute atomic E-state index is 12.4. The smallest absolute Gasteiger partial charge is 0.246 e. The number of allylic oxidation sites excluding steroid dienone is 1. The van der Waals surface area contributed by atoms with Crippen LogP contribution in [0.15, 0.2) is 30.3 Å². The van der Waals surface area contributed by atoms with Crippen LogP contribution >= 0.6 is 0 Å². The molecular formula is C17H24N2O2. The summed E-state index contributed by atoms with van der Waals surface area (Å²) in [7, 11) is 1.65. The fraction of sp³-hybridized carbons (Fsp3) is 0.471. The van der Waals surface area contributed by atoms with E-state index >= 15 is 0 Å². The lowest BCUT2D eigenvalue weighted by Crippen LogP contribution is -2.55. The van der Waals surface area contributed by atoms with Gasteiger partial charge in [-0.3, -0.25) is 4.79 Å². The predicted octanol–water partition coefficient (Wildman–Crippen LogP) is 2.31. The van der Waals surface area contributed by atoms with Crippen LogP contribution in [0.1, 0.15) is 26.3 Å². The Morgan fingerprint density at radius 3 is 2.62 bits per heavy atom. The quantitative estimate of drug-likeness (QED) is 0.868. The van der Waals surface area contributed by atoms with E-state index in [1.54, 1.807) is 13.2 Å². The van der Waals surface area contributed by atoms with E-state index in [0.717, 1.165) is 30.0 Å². The molecule has 1 saturated heterocycles. The minimum absolute atomic E-state index is 0.0792. The van der Waals surface area contributed by atoms with Crippen LogP contribution in [-0.2, 0) is 4.79 Å². The molecule has 1 aliphatic heterocycles. The van der Waals surface area contributed by atoms with Gasteiger partial charge >= 0.3 is 0 Å². The summed E-state index contributed by atoms with van der Waals surface area (Å²) in [5.74, 6) is 0.882. The Balaban J connectivity index is 2.12. The maximum atomic E-state index is 12.4. The van der Waals surface area contributed by atoms with Crippen molar-refractivity contribution in [2.75, 3.05) is 20.2 Å². The van der Waals surface area contributed by atoms with Crippen LogP contribution in [0, 0.1) is 0 Å². The molecule has 1 amide bonds. The highest BCUT2D eigenvalue weighted by molar-refractivity contribution is 5.95. The summed E-state index contributed by atoms with van der Waals surface area (Å²) < 4.78 is 5.22. The topological polar surface area (TPSA) is 41.6 Å². The molecule has 0 bridgehead atoms. The molecule has 2 unspecified atom stereocenters. The highest BCUT2D eigenvalue weighted by Gasteiger charge is 2.23. The number of carbonyl (C=O) groups is 1. The summed E-state index contributed by atoms with van der Waals surface area (Å²) in [6, 6.07) is 8.45. The number of methoxy groups -OCH3 is 1. The summed E-state index contributed by atoms with van der Waals surface area (Å²) in [6.07, 6.45) is 1.72. The van der Waals surface area contributed by atoms with Gasteiger partial charge in [-0.1, -0.05) is 12.1 Å². The average molecular weight is 288 g/mol. The molecule has 2 atom stereocenters. The van der Waals surface area contributed by atoms with Gasteiger partial charge in [0.05, 0.1) is 7.11 Å². The molecule has 0 radical (unpaired) electrons. The van der Waals surface area contributed by atoms with Crippen LogP contribution in [0.2, 0.25) is 0 Å². The van der Waals surface area contributed by atoms with E-state index in [1.165, 1.54) is 0 Å². The largest absolute Gasteiger partial charge is 0.497 e. The van der Waals surface area contributed by atoms with E-state index < -0.39 is 0 Å². The third-order valence-electron chi connectivity index (χ3n) is 3.73. The van der Waals surface area contributed by atoms with Gasteiger partial charge in [0.2, 0.25) is 5.91 Å². The molecule has 1 N–H and O–H groups in total. The highest BCUT2D eigenvalue weighted by Crippen LogP contribution is 2.20. The Hall–Kier alpha value is -1.81. The van der Waals surface area contributed by atoms with Crippen molar-refractivity contribution >= 4 is 11.5 Å². The van der Waals surface area contributed by atoms with Crippen molar-refractivity contribution in [2.45, 2.75) is 32.9 Å². The van der Waals surface area contributed by atoms with Crippen LogP contribution in [0.4, 0.5) is 0 Å². The number of carbonyl (C=O) groups excluding carboxylic acids is 1. The molecule has 4 nitrogen and oxygen atoms in total. The highest BCUT2D eigenvalue weighted by atomic mass is 16.5. The van der Waals surface area contributed by atoms with Gasteiger partial charge in [0, 0.05) is 31.2 Å². The molecule has 4 heteroatoms. The van der Waals surface area contributed by atoms with Crippen LogP contribution in [0.3, 0.4) is 0 Å². The first-order valence-corrected chi connectivity index (χ1v) is 7.37. The van der Waals surface area contributed by atoms with Crippen LogP contribution in [0.25, 0.3) is 5.57 Å². The lowest BCUT2D eigenvalue weighted by molar-refractivity contribution is -0.127. The monoisotopic (exact) mass is 288 g/mol. The molecule has 0 aliphatic carbocycles. The number of amides is 1. The van der Waals surface area contributed by atoms with E-state index in [9.17, 15) is 4.79 Å². The van der Waals surface area contributed by atoms with Crippen molar-refractivity contribution in [3.05, 3.63) is 35.9 Å². The third-order valence-corrected chi connectivity index (χ3v) is 3.73. The lowest BCUT2D eigenvalue weighted by atomic mass is 10.1. The van der Waals surface area contributed by atoms with Gasteiger partial charge < -0.3 is 15.0 Å². The van der Waals surface area contributed by atoms with E-state index in [1.807, 2.05) is 36.1 Å². The number of hydrogen-bond acceptors (Lipinski definition) is 3. The fourth-order valence-corrected chi connectivity index (χ4v) is 2.73. The SMILES string of the molecule is COc1cccc(/C(C)=C/C(=O)N2CC(C)NC(C)C2)c1. The normalized spacial score (nSPS) is 23.0. The molecule has 1 aliphatic rings. The molecule has 1 fully saturated rings. The lowest BCUT2D eigenvalue weighted by Gasteiger charge is -2.35. The van der Waals surface area contributed by atoms with E-state index in [-0.39, 0.29) is 5.91 Å². The van der Waals surface area contributed by atoms with Gasteiger partial charge in [0.1, 0.15) is 5.75 Å². The molecule has 0 spiro atoms. The molecule has 1 aromatic rings. The zero-order valence-corrected chi connectivity index (χ0v) is 13.2. The van der Waals surface area contributed by atoms with Crippen molar-refractivity contribution in [1.29, 1.82) is 0 Å². The van der Waals surface area contributed by atoms with Crippen LogP contribution in [-0.4, -0.2) is 43.1 Å². The zero-order chi connectivity index (χ0) is 15.4. The van der Waals surface area contributed by atoms with Crippen LogP contribution < -0.4 is 10.1 Å². The van der Waals surface area contributed by atoms with E-state index in [2.05, 4.69) is 19.2 Å². The first kappa shape index (κ1) is 15.6. The molecule has 2 rings (SSSR count). The Kier molecular flexibility index (Phi) is 5.02. The van der Waals surface area contributed by atoms with Gasteiger partial charge in [0.25, 0.3) is 0 Å². The second kappa shape index (κ2) is 6.76. The van der Waals surface area contributed by atoms with Crippen molar-refractivity contribution in [3.8, 4) is 5.75 Å². The first-order chi connectivity index (χ1) is 9.99. The first-order valence-electron chi connectivity index (χ1n) is 7.37. The molecule has 0 aromatic heterocycles. The summed E-state index contributed by atoms with van der Waals surface area (Å²) in [6.45, 7) is 7.68. The Bertz CT molecular complexity index is 529. The second-order valence-electron chi connectivity index (χ2n) is 5.77. The number of ether oxygens (including phenoxy) is 1. The minimum atomic E-state index is 0.0792. The van der Waals surface area contributed by atoms with E-state index in [0.29, 0.717) is 12.1 Å². The van der Waals surface area contributed by atoms with Gasteiger partial charge in [0.15, 0.2) is 0 Å². The van der Waals surface area contributed by atoms with Crippen molar-refractivity contribution < 1.29 is 9.53 Å². The number of nitrogens with one attached hydrogen (secondary N) is 1. The molecule has 114 valence electrons. The molecular weight excluding hydrogens is 264 g/mol. The number of piperazine rings is 1. The van der Waals surface area contributed by atoms with Crippen molar-refractivity contribution in [1.82, 2.24) is 10.2 Å². The molecule has 21 heavy (non-hydrogen) atoms. The maximum Gasteiger partial charge on any atom is 0.246 e. The number of nitrogens with zero attached hydrogens (tertiary/aromatic N) is 1. The fourth-order valence-electron chi connectivity index (χ4n) is 2.73. The number of rotatable bonds is 3. The van der Waals surface area contributed by atoms with Gasteiger partial charge in [-0.2, -0.15) is 0 Å². The van der Waals surface area contributed by atoms with Crippen molar-refractivity contribution in [2.24, 2.45) is 0 Å². The third kappa shape index (κ3) is 4.08. The predicted molar refractivity (Wildman–Crippen MR) is 85.3 cm³/mol. The Labute approximate surface area is 126 Å². The molecule has 1 heterocycles. The Morgan fingerprint density at radius 2 is 2.00 bits per heavy atom. The van der Waals surface area contributed by atoms with Gasteiger partial charge in [-0.15, -0.1) is 0 Å². The average Bonchev–Trinajstić information content (AvgIpc) is 2.46. The van der Waals surface area contributed by atoms with Gasteiger partial charge in [-0.05, 0) is 44.0 Å². The Morgan fingerprint density at radius 1 is 1.33 bits per heavy atom. The summed E-state index contributed by atoms with van der Waals surface area (Å²) >= 11 is 0. The summed E-state index contributed by atoms with van der Waals surface area (Å²) in [5, 5.41) is 3.43. The summed E-state index contributed by atoms with van der Waals surface area (Å²) in [4.78, 5) is 14.3. The molecule has 1 aromatic carbocycles. The minimum Gasteiger partial charge on any atom is -0.497 e. The standard InChI is InChI=1S/C17H24N2O2/c1-12(15-6-5-7-16(9-15)21-4)8-17(20)19-10-13(2)18-14(3)11-19/h5-9,13-14,18H,10-11H2,1-4H3/b12-8+. The number of benzene rings is 1. The second-order valence-corrected chi connectivity index (χ2v) is 5.77.